The first kappa shape index (κ1) is 19.1. The van der Waals surface area contributed by atoms with Crippen LogP contribution in [0, 0.1) is 0 Å². The van der Waals surface area contributed by atoms with Gasteiger partial charge in [0.15, 0.2) is 0 Å². The minimum absolute atomic E-state index is 0.0561. The van der Waals surface area contributed by atoms with E-state index in [1.807, 2.05) is 0 Å². The van der Waals surface area contributed by atoms with E-state index in [9.17, 15) is 29.4 Å². The summed E-state index contributed by atoms with van der Waals surface area (Å²) in [6.07, 6.45) is 1.03. The number of hydrogen-bond donors (Lipinski definition) is 2. The van der Waals surface area contributed by atoms with Crippen molar-refractivity contribution in [2.24, 2.45) is 0 Å². The van der Waals surface area contributed by atoms with Crippen molar-refractivity contribution in [2.45, 2.75) is 26.7 Å². The Bertz CT molecular complexity index is 605. The van der Waals surface area contributed by atoms with Crippen molar-refractivity contribution in [2.75, 3.05) is 13.2 Å². The number of ether oxygens (including phenoxy) is 2. The number of carboxylic acid groups (broad SMARTS) is 2. The molecule has 0 spiro atoms. The fourth-order valence-electron chi connectivity index (χ4n) is 1.84. The van der Waals surface area contributed by atoms with Crippen LogP contribution < -0.4 is 0 Å². The van der Waals surface area contributed by atoms with Crippen LogP contribution in [0.2, 0.25) is 0 Å². The molecule has 0 amide bonds. The van der Waals surface area contributed by atoms with Gasteiger partial charge in [-0.2, -0.15) is 0 Å². The van der Waals surface area contributed by atoms with Gasteiger partial charge in [-0.05, 0) is 25.0 Å². The number of carbonyl (C=O) groups is 4. The predicted octanol–water partition coefficient (Wildman–Crippen LogP) is 2.22. The lowest BCUT2D eigenvalue weighted by atomic mass is 9.98. The zero-order valence-corrected chi connectivity index (χ0v) is 13.3. The van der Waals surface area contributed by atoms with Crippen LogP contribution in [0.3, 0.4) is 0 Å². The normalized spacial score (nSPS) is 10.1. The molecule has 0 radical (unpaired) electrons. The molecule has 0 aliphatic heterocycles. The van der Waals surface area contributed by atoms with Gasteiger partial charge in [-0.3, -0.25) is 0 Å². The van der Waals surface area contributed by atoms with Gasteiger partial charge in [0.1, 0.15) is 0 Å². The fraction of sp³-hybridized carbons (Fsp3) is 0.375. The zero-order valence-electron chi connectivity index (χ0n) is 13.3. The second-order valence-electron chi connectivity index (χ2n) is 4.83. The molecular weight excluding hydrogens is 320 g/mol. The zero-order chi connectivity index (χ0) is 18.3. The Balaban J connectivity index is 3.44. The number of hydrogen-bond acceptors (Lipinski definition) is 6. The van der Waals surface area contributed by atoms with Gasteiger partial charge in [0.05, 0.1) is 35.5 Å². The van der Waals surface area contributed by atoms with Gasteiger partial charge in [-0.15, -0.1) is 0 Å². The van der Waals surface area contributed by atoms with E-state index in [0.29, 0.717) is 12.8 Å². The third kappa shape index (κ3) is 4.55. The number of esters is 2. The molecule has 0 unspecified atom stereocenters. The summed E-state index contributed by atoms with van der Waals surface area (Å²) < 4.78 is 9.71. The summed E-state index contributed by atoms with van der Waals surface area (Å²) in [5.41, 5.74) is -1.91. The molecule has 24 heavy (non-hydrogen) atoms. The maximum atomic E-state index is 12.0. The molecule has 8 heteroatoms. The molecule has 2 N–H and O–H groups in total. The minimum atomic E-state index is -1.49. The van der Waals surface area contributed by atoms with Crippen LogP contribution in [0.4, 0.5) is 0 Å². The summed E-state index contributed by atoms with van der Waals surface area (Å²) in [4.78, 5) is 46.6. The molecule has 0 bridgehead atoms. The van der Waals surface area contributed by atoms with Crippen LogP contribution in [0.25, 0.3) is 0 Å². The van der Waals surface area contributed by atoms with Crippen LogP contribution in [0.1, 0.15) is 68.1 Å². The highest BCUT2D eigenvalue weighted by molar-refractivity contribution is 6.09. The summed E-state index contributed by atoms with van der Waals surface area (Å²) in [7, 11) is 0. The first-order chi connectivity index (χ1) is 11.3. The van der Waals surface area contributed by atoms with Crippen molar-refractivity contribution < 1.29 is 38.9 Å². The lowest BCUT2D eigenvalue weighted by Crippen LogP contribution is -2.18. The van der Waals surface area contributed by atoms with Gasteiger partial charge >= 0.3 is 23.9 Å². The van der Waals surface area contributed by atoms with Crippen molar-refractivity contribution in [1.29, 1.82) is 0 Å². The van der Waals surface area contributed by atoms with E-state index in [0.717, 1.165) is 12.1 Å². The van der Waals surface area contributed by atoms with E-state index >= 15 is 0 Å². The topological polar surface area (TPSA) is 127 Å². The van der Waals surface area contributed by atoms with Crippen molar-refractivity contribution in [1.82, 2.24) is 0 Å². The quantitative estimate of drug-likeness (QED) is 0.691. The molecule has 0 heterocycles. The summed E-state index contributed by atoms with van der Waals surface area (Å²) in [6, 6.07) is 1.65. The van der Waals surface area contributed by atoms with E-state index in [-0.39, 0.29) is 13.2 Å². The molecule has 0 aliphatic carbocycles. The first-order valence-electron chi connectivity index (χ1n) is 7.32. The van der Waals surface area contributed by atoms with E-state index in [1.165, 1.54) is 0 Å². The molecule has 0 atom stereocenters. The van der Waals surface area contributed by atoms with Gasteiger partial charge in [0.2, 0.25) is 0 Å². The third-order valence-electron chi connectivity index (χ3n) is 2.93. The Morgan fingerprint density at radius 1 is 0.750 bits per heavy atom. The van der Waals surface area contributed by atoms with Gasteiger partial charge < -0.3 is 19.7 Å². The molecule has 0 aromatic heterocycles. The molecule has 1 aromatic carbocycles. The summed E-state index contributed by atoms with van der Waals surface area (Å²) in [5.74, 6) is -4.91. The van der Waals surface area contributed by atoms with Crippen molar-refractivity contribution in [3.63, 3.8) is 0 Å². The van der Waals surface area contributed by atoms with E-state index in [2.05, 4.69) is 0 Å². The summed E-state index contributed by atoms with van der Waals surface area (Å²) in [5, 5.41) is 18.5. The highest BCUT2D eigenvalue weighted by Crippen LogP contribution is 2.20. The Kier molecular flexibility index (Phi) is 6.91. The Morgan fingerprint density at radius 3 is 1.33 bits per heavy atom. The number of aromatic carboxylic acids is 2. The fourth-order valence-corrected chi connectivity index (χ4v) is 1.84. The van der Waals surface area contributed by atoms with Crippen LogP contribution >= 0.6 is 0 Å². The van der Waals surface area contributed by atoms with Gasteiger partial charge in [-0.25, -0.2) is 19.2 Å². The van der Waals surface area contributed by atoms with Crippen molar-refractivity contribution in [3.8, 4) is 0 Å². The minimum Gasteiger partial charge on any atom is -0.478 e. The second-order valence-corrected chi connectivity index (χ2v) is 4.83. The lowest BCUT2D eigenvalue weighted by Gasteiger charge is -2.11. The molecule has 0 fully saturated rings. The SMILES string of the molecule is CCCOC(=O)c1cc(C(=O)O)c(C(=O)OCCC)cc1C(=O)O. The average molecular weight is 338 g/mol. The first-order valence-corrected chi connectivity index (χ1v) is 7.32. The number of carboxylic acids is 2. The molecule has 8 nitrogen and oxygen atoms in total. The second kappa shape index (κ2) is 8.66. The highest BCUT2D eigenvalue weighted by Gasteiger charge is 2.26. The van der Waals surface area contributed by atoms with Crippen LogP contribution in [0.15, 0.2) is 12.1 Å². The van der Waals surface area contributed by atoms with Gasteiger partial charge in [-0.1, -0.05) is 13.8 Å². The van der Waals surface area contributed by atoms with Crippen molar-refractivity contribution in [3.05, 3.63) is 34.4 Å². The Labute approximate surface area is 138 Å². The average Bonchev–Trinajstić information content (AvgIpc) is 2.55. The van der Waals surface area contributed by atoms with Crippen LogP contribution in [-0.4, -0.2) is 47.3 Å². The lowest BCUT2D eigenvalue weighted by molar-refractivity contribution is 0.0480. The van der Waals surface area contributed by atoms with E-state index < -0.39 is 46.1 Å². The molecular formula is C16H18O8. The van der Waals surface area contributed by atoms with Crippen LogP contribution in [-0.2, 0) is 9.47 Å². The number of carbonyl (C=O) groups excluding carboxylic acids is 2. The number of rotatable bonds is 8. The Hall–Kier alpha value is -2.90. The van der Waals surface area contributed by atoms with Crippen LogP contribution in [0.5, 0.6) is 0 Å². The molecule has 130 valence electrons. The standard InChI is InChI=1S/C16H18O8/c1-3-5-23-15(21)11-7-10(14(19)20)12(8-9(11)13(17)18)16(22)24-6-4-2/h7-8H,3-6H2,1-2H3,(H,17,18)(H,19,20). The molecule has 1 aromatic rings. The van der Waals surface area contributed by atoms with Gasteiger partial charge in [0, 0.05) is 0 Å². The maximum absolute atomic E-state index is 12.0. The third-order valence-corrected chi connectivity index (χ3v) is 2.93. The summed E-state index contributed by atoms with van der Waals surface area (Å²) >= 11 is 0. The largest absolute Gasteiger partial charge is 0.478 e. The van der Waals surface area contributed by atoms with Gasteiger partial charge in [0.25, 0.3) is 0 Å². The monoisotopic (exact) mass is 338 g/mol. The Morgan fingerprint density at radius 2 is 1.08 bits per heavy atom. The maximum Gasteiger partial charge on any atom is 0.339 e. The van der Waals surface area contributed by atoms with E-state index in [4.69, 9.17) is 9.47 Å². The predicted molar refractivity (Wildman–Crippen MR) is 81.5 cm³/mol. The summed E-state index contributed by atoms with van der Waals surface area (Å²) in [6.45, 7) is 3.61. The highest BCUT2D eigenvalue weighted by atomic mass is 16.5. The smallest absolute Gasteiger partial charge is 0.339 e. The van der Waals surface area contributed by atoms with Crippen molar-refractivity contribution >= 4 is 23.9 Å². The number of benzene rings is 1. The molecule has 0 saturated carbocycles. The molecule has 1 rings (SSSR count). The molecule has 0 aliphatic rings. The van der Waals surface area contributed by atoms with E-state index in [1.54, 1.807) is 13.8 Å². The molecule has 0 saturated heterocycles.